The number of nitrogens with zero attached hydrogens (tertiary/aromatic N) is 2. The Balaban J connectivity index is 1.38. The molecule has 1 amide bonds. The number of H-pyrrole nitrogens is 1. The van der Waals surface area contributed by atoms with Crippen molar-refractivity contribution >= 4 is 16.8 Å². The fourth-order valence-corrected chi connectivity index (χ4v) is 5.52. The molecule has 32 heavy (non-hydrogen) atoms. The highest BCUT2D eigenvalue weighted by Crippen LogP contribution is 2.43. The monoisotopic (exact) mass is 433 g/mol. The molecule has 1 saturated carbocycles. The molecule has 0 radical (unpaired) electrons. The maximum absolute atomic E-state index is 14.0. The van der Waals surface area contributed by atoms with E-state index >= 15 is 0 Å². The molecule has 5 rings (SSSR count). The third-order valence-corrected chi connectivity index (χ3v) is 7.22. The second-order valence-electron chi connectivity index (χ2n) is 9.16. The summed E-state index contributed by atoms with van der Waals surface area (Å²) >= 11 is 0. The van der Waals surface area contributed by atoms with Crippen LogP contribution in [0.2, 0.25) is 0 Å². The summed E-state index contributed by atoms with van der Waals surface area (Å²) in [5.74, 6) is 1.35. The molecule has 0 spiro atoms. The Bertz CT molecular complexity index is 1070. The Labute approximate surface area is 188 Å². The molecular weight excluding hydrogens is 402 g/mol. The number of rotatable bonds is 5. The predicted octanol–water partition coefficient (Wildman–Crippen LogP) is 4.10. The van der Waals surface area contributed by atoms with E-state index in [-0.39, 0.29) is 11.8 Å². The molecule has 168 valence electrons. The van der Waals surface area contributed by atoms with Gasteiger partial charge in [0.15, 0.2) is 0 Å². The van der Waals surface area contributed by atoms with Gasteiger partial charge in [-0.25, -0.2) is 0 Å². The highest BCUT2D eigenvalue weighted by Gasteiger charge is 2.45. The van der Waals surface area contributed by atoms with Gasteiger partial charge in [0.05, 0.1) is 37.5 Å². The first-order valence-corrected chi connectivity index (χ1v) is 11.6. The van der Waals surface area contributed by atoms with Crippen molar-refractivity contribution in [2.75, 3.05) is 33.4 Å². The van der Waals surface area contributed by atoms with Gasteiger partial charge >= 0.3 is 0 Å². The number of carbonyl (C=O) groups excluding carboxylic acids is 1. The number of benzene rings is 2. The van der Waals surface area contributed by atoms with Crippen LogP contribution in [0.4, 0.5) is 0 Å². The third kappa shape index (κ3) is 3.88. The highest BCUT2D eigenvalue weighted by atomic mass is 16.5. The number of amides is 1. The zero-order valence-corrected chi connectivity index (χ0v) is 18.7. The van der Waals surface area contributed by atoms with E-state index in [2.05, 4.69) is 39.4 Å². The number of ether oxygens (including phenoxy) is 2. The fourth-order valence-electron chi connectivity index (χ4n) is 5.52. The lowest BCUT2D eigenvalue weighted by atomic mass is 9.77. The zero-order valence-electron chi connectivity index (χ0n) is 18.7. The van der Waals surface area contributed by atoms with E-state index < -0.39 is 5.41 Å². The van der Waals surface area contributed by atoms with E-state index in [0.717, 1.165) is 60.9 Å². The molecule has 2 aliphatic rings. The summed E-state index contributed by atoms with van der Waals surface area (Å²) in [7, 11) is 1.67. The maximum Gasteiger partial charge on any atom is 0.233 e. The van der Waals surface area contributed by atoms with Crippen LogP contribution >= 0.6 is 0 Å². The average molecular weight is 434 g/mol. The Morgan fingerprint density at radius 1 is 1.22 bits per heavy atom. The lowest BCUT2D eigenvalue weighted by molar-refractivity contribution is -0.137. The number of aromatic amines is 1. The predicted molar refractivity (Wildman–Crippen MR) is 124 cm³/mol. The summed E-state index contributed by atoms with van der Waals surface area (Å²) < 4.78 is 11.3. The average Bonchev–Trinajstić information content (AvgIpc) is 3.46. The first-order chi connectivity index (χ1) is 15.7. The van der Waals surface area contributed by atoms with Crippen molar-refractivity contribution in [3.05, 3.63) is 59.8 Å². The van der Waals surface area contributed by atoms with Gasteiger partial charge in [-0.1, -0.05) is 37.1 Å². The Morgan fingerprint density at radius 3 is 2.81 bits per heavy atom. The van der Waals surface area contributed by atoms with E-state index in [1.807, 2.05) is 24.4 Å². The summed E-state index contributed by atoms with van der Waals surface area (Å²) in [5.41, 5.74) is 3.00. The standard InChI is InChI=1S/C26H31N3O3/c1-31-22-9-7-21(8-10-22)26(11-2-3-12-26)25(30)29-13-14-32-18-19(17-29)15-20-5-4-6-24-23(20)16-27-28-24/h4-10,16,19H,2-3,11-15,17-18H2,1H3,(H,27,28). The second-order valence-corrected chi connectivity index (χ2v) is 9.16. The summed E-state index contributed by atoms with van der Waals surface area (Å²) in [6.07, 6.45) is 6.77. The first kappa shape index (κ1) is 21.0. The Kier molecular flexibility index (Phi) is 5.87. The molecule has 2 fully saturated rings. The number of nitrogens with one attached hydrogen (secondary N) is 1. The van der Waals surface area contributed by atoms with Gasteiger partial charge in [-0.15, -0.1) is 0 Å². The Hall–Kier alpha value is -2.86. The number of hydrogen-bond acceptors (Lipinski definition) is 4. The molecule has 2 aromatic carbocycles. The molecule has 1 N–H and O–H groups in total. The van der Waals surface area contributed by atoms with Crippen molar-refractivity contribution in [3.63, 3.8) is 0 Å². The molecule has 1 atom stereocenters. The first-order valence-electron chi connectivity index (χ1n) is 11.6. The molecule has 1 aliphatic heterocycles. The molecule has 2 heterocycles. The van der Waals surface area contributed by atoms with Gasteiger partial charge in [0, 0.05) is 24.4 Å². The summed E-state index contributed by atoms with van der Waals surface area (Å²) in [4.78, 5) is 16.1. The highest BCUT2D eigenvalue weighted by molar-refractivity contribution is 5.89. The van der Waals surface area contributed by atoms with Crippen LogP contribution in [0.1, 0.15) is 36.8 Å². The minimum Gasteiger partial charge on any atom is -0.497 e. The van der Waals surface area contributed by atoms with Crippen molar-refractivity contribution in [2.24, 2.45) is 5.92 Å². The van der Waals surface area contributed by atoms with E-state index in [1.165, 1.54) is 5.56 Å². The van der Waals surface area contributed by atoms with Crippen molar-refractivity contribution in [1.82, 2.24) is 15.1 Å². The second kappa shape index (κ2) is 8.94. The molecule has 1 saturated heterocycles. The van der Waals surface area contributed by atoms with E-state index in [1.54, 1.807) is 7.11 Å². The minimum atomic E-state index is -0.425. The SMILES string of the molecule is COc1ccc(C2(C(=O)N3CCOCC(Cc4cccc5[nH]ncc45)C3)CCCC2)cc1. The van der Waals surface area contributed by atoms with Gasteiger partial charge < -0.3 is 14.4 Å². The van der Waals surface area contributed by atoms with Crippen LogP contribution < -0.4 is 4.74 Å². The molecular formula is C26H31N3O3. The molecule has 3 aromatic rings. The number of fused-ring (bicyclic) bond motifs is 1. The van der Waals surface area contributed by atoms with Gasteiger partial charge in [0.1, 0.15) is 5.75 Å². The van der Waals surface area contributed by atoms with Gasteiger partial charge in [0.25, 0.3) is 0 Å². The van der Waals surface area contributed by atoms with Crippen LogP contribution in [-0.4, -0.2) is 54.4 Å². The van der Waals surface area contributed by atoms with Crippen LogP contribution in [0.5, 0.6) is 5.75 Å². The number of carbonyl (C=O) groups is 1. The summed E-state index contributed by atoms with van der Waals surface area (Å²) in [6.45, 7) is 2.65. The number of hydrogen-bond donors (Lipinski definition) is 1. The molecule has 6 nitrogen and oxygen atoms in total. The normalized spacial score (nSPS) is 20.9. The van der Waals surface area contributed by atoms with Crippen molar-refractivity contribution in [2.45, 2.75) is 37.5 Å². The summed E-state index contributed by atoms with van der Waals surface area (Å²) in [5, 5.41) is 8.40. The van der Waals surface area contributed by atoms with Crippen LogP contribution in [0.3, 0.4) is 0 Å². The molecule has 6 heteroatoms. The van der Waals surface area contributed by atoms with Crippen molar-refractivity contribution in [3.8, 4) is 5.75 Å². The molecule has 1 aliphatic carbocycles. The fraction of sp³-hybridized carbons (Fsp3) is 0.462. The van der Waals surface area contributed by atoms with Crippen molar-refractivity contribution in [1.29, 1.82) is 0 Å². The van der Waals surface area contributed by atoms with Gasteiger partial charge in [0.2, 0.25) is 5.91 Å². The largest absolute Gasteiger partial charge is 0.497 e. The van der Waals surface area contributed by atoms with Crippen LogP contribution in [0.25, 0.3) is 10.9 Å². The number of methoxy groups -OCH3 is 1. The van der Waals surface area contributed by atoms with Crippen LogP contribution in [-0.2, 0) is 21.4 Å². The Morgan fingerprint density at radius 2 is 2.03 bits per heavy atom. The van der Waals surface area contributed by atoms with Gasteiger partial charge in [-0.2, -0.15) is 5.10 Å². The van der Waals surface area contributed by atoms with Gasteiger partial charge in [-0.3, -0.25) is 9.89 Å². The quantitative estimate of drug-likeness (QED) is 0.658. The topological polar surface area (TPSA) is 67.4 Å². The smallest absolute Gasteiger partial charge is 0.233 e. The van der Waals surface area contributed by atoms with E-state index in [9.17, 15) is 4.79 Å². The molecule has 1 aromatic heterocycles. The minimum absolute atomic E-state index is 0.260. The zero-order chi connectivity index (χ0) is 22.0. The number of aromatic nitrogens is 2. The van der Waals surface area contributed by atoms with Crippen molar-refractivity contribution < 1.29 is 14.3 Å². The lowest BCUT2D eigenvalue weighted by Gasteiger charge is -2.35. The lowest BCUT2D eigenvalue weighted by Crippen LogP contribution is -2.47. The maximum atomic E-state index is 14.0. The molecule has 1 unspecified atom stereocenters. The third-order valence-electron chi connectivity index (χ3n) is 7.22. The van der Waals surface area contributed by atoms with E-state index in [0.29, 0.717) is 19.8 Å². The van der Waals surface area contributed by atoms with Gasteiger partial charge in [-0.05, 0) is 48.6 Å². The van der Waals surface area contributed by atoms with Crippen LogP contribution in [0, 0.1) is 5.92 Å². The van der Waals surface area contributed by atoms with Crippen LogP contribution in [0.15, 0.2) is 48.7 Å². The summed E-state index contributed by atoms with van der Waals surface area (Å²) in [6, 6.07) is 14.4. The molecule has 0 bridgehead atoms. The van der Waals surface area contributed by atoms with E-state index in [4.69, 9.17) is 9.47 Å².